The SMILES string of the molecule is COC(=O)C(C)C(c1ccc2c(c1)OC(C1CNC1)CO2)C1CC1. The van der Waals surface area contributed by atoms with Crippen LogP contribution < -0.4 is 14.8 Å². The molecule has 1 aromatic carbocycles. The summed E-state index contributed by atoms with van der Waals surface area (Å²) in [6, 6.07) is 6.14. The predicted octanol–water partition coefficient (Wildman–Crippen LogP) is 2.35. The van der Waals surface area contributed by atoms with Crippen LogP contribution in [0.4, 0.5) is 0 Å². The molecule has 3 atom stereocenters. The van der Waals surface area contributed by atoms with Gasteiger partial charge in [0.2, 0.25) is 0 Å². The van der Waals surface area contributed by atoms with Crippen molar-refractivity contribution < 1.29 is 19.0 Å². The molecule has 2 fully saturated rings. The predicted molar refractivity (Wildman–Crippen MR) is 89.4 cm³/mol. The van der Waals surface area contributed by atoms with E-state index in [4.69, 9.17) is 14.2 Å². The van der Waals surface area contributed by atoms with Crippen LogP contribution in [0, 0.1) is 17.8 Å². The molecule has 130 valence electrons. The van der Waals surface area contributed by atoms with Crippen LogP contribution in [-0.2, 0) is 9.53 Å². The summed E-state index contributed by atoms with van der Waals surface area (Å²) in [7, 11) is 1.46. The lowest BCUT2D eigenvalue weighted by molar-refractivity contribution is -0.145. The summed E-state index contributed by atoms with van der Waals surface area (Å²) < 4.78 is 17.1. The van der Waals surface area contributed by atoms with Crippen LogP contribution in [0.15, 0.2) is 18.2 Å². The molecule has 24 heavy (non-hydrogen) atoms. The molecule has 5 nitrogen and oxygen atoms in total. The molecule has 1 saturated carbocycles. The van der Waals surface area contributed by atoms with Crippen molar-refractivity contribution in [3.8, 4) is 11.5 Å². The Morgan fingerprint density at radius 2 is 2.08 bits per heavy atom. The van der Waals surface area contributed by atoms with Crippen molar-refractivity contribution in [2.24, 2.45) is 17.8 Å². The van der Waals surface area contributed by atoms with Gasteiger partial charge in [0.1, 0.15) is 12.7 Å². The molecule has 1 aromatic rings. The number of ether oxygens (including phenoxy) is 3. The van der Waals surface area contributed by atoms with Crippen LogP contribution in [0.2, 0.25) is 0 Å². The van der Waals surface area contributed by atoms with Gasteiger partial charge in [-0.25, -0.2) is 0 Å². The van der Waals surface area contributed by atoms with Crippen LogP contribution in [0.25, 0.3) is 0 Å². The number of fused-ring (bicyclic) bond motifs is 1. The van der Waals surface area contributed by atoms with Crippen molar-refractivity contribution in [1.82, 2.24) is 5.32 Å². The summed E-state index contributed by atoms with van der Waals surface area (Å²) in [5, 5.41) is 3.28. The molecule has 2 heterocycles. The molecule has 1 saturated heterocycles. The minimum Gasteiger partial charge on any atom is -0.486 e. The van der Waals surface area contributed by atoms with E-state index in [0.717, 1.165) is 30.2 Å². The Morgan fingerprint density at radius 3 is 2.71 bits per heavy atom. The molecule has 0 aromatic heterocycles. The van der Waals surface area contributed by atoms with E-state index in [1.165, 1.54) is 20.0 Å². The molecule has 1 aliphatic carbocycles. The number of nitrogens with one attached hydrogen (secondary N) is 1. The standard InChI is InChI=1S/C19H25NO4/c1-11(19(21)22-2)18(12-3-4-12)13-5-6-15-16(7-13)24-17(10-23-15)14-8-20-9-14/h5-7,11-12,14,17-18,20H,3-4,8-10H2,1-2H3. The highest BCUT2D eigenvalue weighted by atomic mass is 16.6. The Balaban J connectivity index is 1.58. The highest BCUT2D eigenvalue weighted by Crippen LogP contribution is 2.48. The van der Waals surface area contributed by atoms with Crippen molar-refractivity contribution in [3.63, 3.8) is 0 Å². The summed E-state index contributed by atoms with van der Waals surface area (Å²) in [5.41, 5.74) is 1.16. The summed E-state index contributed by atoms with van der Waals surface area (Å²) in [6.07, 6.45) is 2.47. The first kappa shape index (κ1) is 15.8. The molecule has 1 N–H and O–H groups in total. The molecular weight excluding hydrogens is 306 g/mol. The number of hydrogen-bond donors (Lipinski definition) is 1. The number of esters is 1. The van der Waals surface area contributed by atoms with Crippen LogP contribution in [0.5, 0.6) is 11.5 Å². The van der Waals surface area contributed by atoms with E-state index >= 15 is 0 Å². The van der Waals surface area contributed by atoms with Crippen LogP contribution in [0.1, 0.15) is 31.2 Å². The first-order valence-corrected chi connectivity index (χ1v) is 8.89. The number of hydrogen-bond acceptors (Lipinski definition) is 5. The third-order valence-corrected chi connectivity index (χ3v) is 5.61. The van der Waals surface area contributed by atoms with Crippen molar-refractivity contribution in [2.75, 3.05) is 26.8 Å². The second kappa shape index (κ2) is 6.28. The van der Waals surface area contributed by atoms with Gasteiger partial charge in [-0.2, -0.15) is 0 Å². The minimum atomic E-state index is -0.142. The Morgan fingerprint density at radius 1 is 1.29 bits per heavy atom. The van der Waals surface area contributed by atoms with Crippen molar-refractivity contribution >= 4 is 5.97 Å². The van der Waals surface area contributed by atoms with E-state index in [1.807, 2.05) is 13.0 Å². The van der Waals surface area contributed by atoms with Gasteiger partial charge in [0.15, 0.2) is 11.5 Å². The van der Waals surface area contributed by atoms with Gasteiger partial charge in [0, 0.05) is 19.0 Å². The second-order valence-corrected chi connectivity index (χ2v) is 7.27. The quantitative estimate of drug-likeness (QED) is 0.840. The molecule has 3 aliphatic rings. The maximum absolute atomic E-state index is 12.1. The molecule has 4 rings (SSSR count). The third kappa shape index (κ3) is 2.86. The average Bonchev–Trinajstić information content (AvgIpc) is 3.37. The fourth-order valence-electron chi connectivity index (χ4n) is 3.88. The maximum Gasteiger partial charge on any atom is 0.309 e. The Bertz CT molecular complexity index is 624. The van der Waals surface area contributed by atoms with E-state index in [1.54, 1.807) is 0 Å². The highest BCUT2D eigenvalue weighted by Gasteiger charge is 2.40. The lowest BCUT2D eigenvalue weighted by Gasteiger charge is -2.37. The molecule has 2 aliphatic heterocycles. The summed E-state index contributed by atoms with van der Waals surface area (Å²) >= 11 is 0. The van der Waals surface area contributed by atoms with E-state index in [9.17, 15) is 4.79 Å². The molecule has 5 heteroatoms. The molecule has 0 spiro atoms. The highest BCUT2D eigenvalue weighted by molar-refractivity contribution is 5.73. The van der Waals surface area contributed by atoms with Crippen molar-refractivity contribution in [1.29, 1.82) is 0 Å². The van der Waals surface area contributed by atoms with Gasteiger partial charge in [0.05, 0.1) is 13.0 Å². The largest absolute Gasteiger partial charge is 0.486 e. The number of rotatable bonds is 5. The normalized spacial score (nSPS) is 25.5. The minimum absolute atomic E-state index is 0.117. The number of benzene rings is 1. The van der Waals surface area contributed by atoms with E-state index in [2.05, 4.69) is 17.4 Å². The number of carbonyl (C=O) groups is 1. The zero-order chi connectivity index (χ0) is 16.7. The van der Waals surface area contributed by atoms with E-state index < -0.39 is 0 Å². The Hall–Kier alpha value is -1.75. The fraction of sp³-hybridized carbons (Fsp3) is 0.632. The molecule has 0 radical (unpaired) electrons. The zero-order valence-electron chi connectivity index (χ0n) is 14.3. The number of methoxy groups -OCH3 is 1. The first-order valence-electron chi connectivity index (χ1n) is 8.89. The molecule has 0 amide bonds. The summed E-state index contributed by atoms with van der Waals surface area (Å²) in [5.74, 6) is 2.62. The van der Waals surface area contributed by atoms with Gasteiger partial charge in [0.25, 0.3) is 0 Å². The fourth-order valence-corrected chi connectivity index (χ4v) is 3.88. The van der Waals surface area contributed by atoms with Gasteiger partial charge in [-0.1, -0.05) is 13.0 Å². The monoisotopic (exact) mass is 331 g/mol. The van der Waals surface area contributed by atoms with Crippen molar-refractivity contribution in [2.45, 2.75) is 31.8 Å². The summed E-state index contributed by atoms with van der Waals surface area (Å²) in [6.45, 7) is 4.57. The van der Waals surface area contributed by atoms with Crippen LogP contribution in [0.3, 0.4) is 0 Å². The lowest BCUT2D eigenvalue weighted by atomic mass is 9.83. The topological polar surface area (TPSA) is 56.8 Å². The van der Waals surface area contributed by atoms with Gasteiger partial charge in [-0.15, -0.1) is 0 Å². The average molecular weight is 331 g/mol. The van der Waals surface area contributed by atoms with Crippen LogP contribution >= 0.6 is 0 Å². The smallest absolute Gasteiger partial charge is 0.309 e. The Kier molecular flexibility index (Phi) is 4.12. The maximum atomic E-state index is 12.1. The Labute approximate surface area is 142 Å². The molecule has 0 bridgehead atoms. The summed E-state index contributed by atoms with van der Waals surface area (Å²) in [4.78, 5) is 12.1. The van der Waals surface area contributed by atoms with E-state index in [0.29, 0.717) is 18.4 Å². The molecular formula is C19H25NO4. The third-order valence-electron chi connectivity index (χ3n) is 5.61. The van der Waals surface area contributed by atoms with Gasteiger partial charge in [-0.3, -0.25) is 4.79 Å². The van der Waals surface area contributed by atoms with E-state index in [-0.39, 0.29) is 23.9 Å². The number of carbonyl (C=O) groups excluding carboxylic acids is 1. The lowest BCUT2D eigenvalue weighted by Crippen LogP contribution is -2.53. The van der Waals surface area contributed by atoms with Crippen LogP contribution in [-0.4, -0.2) is 38.9 Å². The van der Waals surface area contributed by atoms with Gasteiger partial charge >= 0.3 is 5.97 Å². The van der Waals surface area contributed by atoms with Crippen molar-refractivity contribution in [3.05, 3.63) is 23.8 Å². The first-order chi connectivity index (χ1) is 11.7. The second-order valence-electron chi connectivity index (χ2n) is 7.27. The van der Waals surface area contributed by atoms with Gasteiger partial charge in [-0.05, 0) is 42.4 Å². The zero-order valence-corrected chi connectivity index (χ0v) is 14.3. The van der Waals surface area contributed by atoms with Gasteiger partial charge < -0.3 is 19.5 Å². The molecule has 3 unspecified atom stereocenters.